The molecule has 1 atom stereocenters. The van der Waals surface area contributed by atoms with Crippen molar-refractivity contribution in [2.45, 2.75) is 37.4 Å². The van der Waals surface area contributed by atoms with Crippen molar-refractivity contribution in [2.24, 2.45) is 5.41 Å². The first-order chi connectivity index (χ1) is 20.4. The van der Waals surface area contributed by atoms with E-state index >= 15 is 0 Å². The first-order valence-corrected chi connectivity index (χ1v) is 15.5. The van der Waals surface area contributed by atoms with Crippen molar-refractivity contribution in [3.63, 3.8) is 0 Å². The number of esters is 2. The first kappa shape index (κ1) is 29.9. The molecule has 216 valence electrons. The number of methoxy groups -OCH3 is 2. The van der Waals surface area contributed by atoms with Crippen LogP contribution in [0.1, 0.15) is 63.7 Å². The summed E-state index contributed by atoms with van der Waals surface area (Å²) in [5.41, 5.74) is 5.61. The third-order valence-electron chi connectivity index (χ3n) is 7.80. The van der Waals surface area contributed by atoms with Gasteiger partial charge in [-0.25, -0.2) is 9.78 Å². The molecule has 0 amide bonds. The highest BCUT2D eigenvalue weighted by molar-refractivity contribution is 7.99. The van der Waals surface area contributed by atoms with Gasteiger partial charge in [-0.1, -0.05) is 72.3 Å². The lowest BCUT2D eigenvalue weighted by molar-refractivity contribution is -0.141. The summed E-state index contributed by atoms with van der Waals surface area (Å²) in [6.07, 6.45) is 8.21. The lowest BCUT2D eigenvalue weighted by Crippen LogP contribution is -2.14. The quantitative estimate of drug-likeness (QED) is 0.152. The highest BCUT2D eigenvalue weighted by atomic mass is 35.5. The van der Waals surface area contributed by atoms with E-state index in [1.807, 2.05) is 66.4 Å². The van der Waals surface area contributed by atoms with Gasteiger partial charge in [0, 0.05) is 21.4 Å². The molecule has 1 aromatic heterocycles. The van der Waals surface area contributed by atoms with Crippen molar-refractivity contribution < 1.29 is 19.1 Å². The molecular weight excluding hydrogens is 566 g/mol. The lowest BCUT2D eigenvalue weighted by Gasteiger charge is -2.22. The van der Waals surface area contributed by atoms with Crippen LogP contribution in [-0.2, 0) is 20.7 Å². The summed E-state index contributed by atoms with van der Waals surface area (Å²) in [7, 11) is 2.87. The minimum atomic E-state index is -0.318. The largest absolute Gasteiger partial charge is 0.469 e. The molecule has 1 aliphatic rings. The van der Waals surface area contributed by atoms with Gasteiger partial charge in [0.25, 0.3) is 0 Å². The summed E-state index contributed by atoms with van der Waals surface area (Å²) in [6, 6.07) is 26.0. The number of nitrogens with zero attached hydrogens (tertiary/aromatic N) is 1. The fraction of sp³-hybridized carbons (Fsp3) is 0.286. The van der Waals surface area contributed by atoms with Gasteiger partial charge in [-0.05, 0) is 78.1 Å². The fourth-order valence-electron chi connectivity index (χ4n) is 5.13. The number of pyridine rings is 1. The Morgan fingerprint density at radius 2 is 1.79 bits per heavy atom. The van der Waals surface area contributed by atoms with Crippen molar-refractivity contribution in [1.29, 1.82) is 0 Å². The Hall–Kier alpha value is -3.61. The third kappa shape index (κ3) is 7.61. The van der Waals surface area contributed by atoms with Crippen LogP contribution in [0.3, 0.4) is 0 Å². The van der Waals surface area contributed by atoms with E-state index in [1.165, 1.54) is 19.8 Å². The molecule has 42 heavy (non-hydrogen) atoms. The number of aromatic nitrogens is 1. The molecule has 0 radical (unpaired) electrons. The van der Waals surface area contributed by atoms with Crippen LogP contribution in [-0.4, -0.2) is 36.9 Å². The third-order valence-corrected chi connectivity index (χ3v) is 9.72. The van der Waals surface area contributed by atoms with Crippen LogP contribution < -0.4 is 0 Å². The minimum absolute atomic E-state index is 0.0160. The molecule has 3 aromatic carbocycles. The molecule has 7 heteroatoms. The number of halogens is 1. The monoisotopic (exact) mass is 599 g/mol. The SMILES string of the molecule is COC(=O)CC1(CS[C@H](CCc2ccccc2C(=O)OC)c2cccc(/C=C/c3ccc4ccc(Cl)cc4n3)c2)CC1. The molecule has 0 aliphatic heterocycles. The van der Waals surface area contributed by atoms with Crippen LogP contribution >= 0.6 is 23.4 Å². The minimum Gasteiger partial charge on any atom is -0.469 e. The van der Waals surface area contributed by atoms with E-state index in [-0.39, 0.29) is 22.6 Å². The van der Waals surface area contributed by atoms with Crippen LogP contribution in [0.5, 0.6) is 0 Å². The molecule has 0 N–H and O–H groups in total. The standard InChI is InChI=1S/C35H34ClNO4S/c1-40-33(38)22-35(18-19-35)23-42-32(17-13-25-7-3-4-9-30(25)34(39)41-2)27-8-5-6-24(20-27)10-15-29-16-12-26-11-14-28(36)21-31(26)37-29/h3-12,14-16,20-21,32H,13,17-19,22-23H2,1-2H3/b15-10+/t32-/m1/s1. The number of rotatable bonds is 12. The number of fused-ring (bicyclic) bond motifs is 1. The maximum atomic E-state index is 12.4. The van der Waals surface area contributed by atoms with Crippen LogP contribution in [0.4, 0.5) is 0 Å². The summed E-state index contributed by atoms with van der Waals surface area (Å²) >= 11 is 8.06. The van der Waals surface area contributed by atoms with Crippen molar-refractivity contribution in [3.8, 4) is 0 Å². The van der Waals surface area contributed by atoms with Crippen molar-refractivity contribution >= 4 is 58.4 Å². The van der Waals surface area contributed by atoms with Gasteiger partial charge >= 0.3 is 11.9 Å². The van der Waals surface area contributed by atoms with E-state index in [2.05, 4.69) is 36.4 Å². The molecule has 1 heterocycles. The van der Waals surface area contributed by atoms with Gasteiger partial charge in [0.2, 0.25) is 0 Å². The second-order valence-corrected chi connectivity index (χ2v) is 12.4. The Morgan fingerprint density at radius 1 is 0.976 bits per heavy atom. The summed E-state index contributed by atoms with van der Waals surface area (Å²) in [5, 5.41) is 1.90. The molecule has 1 aliphatic carbocycles. The summed E-state index contributed by atoms with van der Waals surface area (Å²) < 4.78 is 9.98. The first-order valence-electron chi connectivity index (χ1n) is 14.1. The summed E-state index contributed by atoms with van der Waals surface area (Å²) in [4.78, 5) is 29.2. The number of thioether (sulfide) groups is 1. The van der Waals surface area contributed by atoms with Crippen LogP contribution in [0.15, 0.2) is 78.9 Å². The summed E-state index contributed by atoms with van der Waals surface area (Å²) in [5.74, 6) is 0.421. The van der Waals surface area contributed by atoms with E-state index in [0.717, 1.165) is 59.2 Å². The Labute approximate surface area is 256 Å². The zero-order valence-electron chi connectivity index (χ0n) is 23.8. The lowest BCUT2D eigenvalue weighted by atomic mass is 9.98. The van der Waals surface area contributed by atoms with Crippen LogP contribution in [0.25, 0.3) is 23.1 Å². The zero-order valence-corrected chi connectivity index (χ0v) is 25.4. The Morgan fingerprint density at radius 3 is 2.57 bits per heavy atom. The number of carbonyl (C=O) groups excluding carboxylic acids is 2. The van der Waals surface area contributed by atoms with Crippen LogP contribution in [0, 0.1) is 5.41 Å². The number of hydrogen-bond donors (Lipinski definition) is 0. The van der Waals surface area contributed by atoms with Gasteiger partial charge in [0.1, 0.15) is 0 Å². The second kappa shape index (κ2) is 13.6. The predicted molar refractivity (Wildman–Crippen MR) is 172 cm³/mol. The zero-order chi connectivity index (χ0) is 29.5. The van der Waals surface area contributed by atoms with Crippen molar-refractivity contribution in [3.05, 3.63) is 112 Å². The van der Waals surface area contributed by atoms with Gasteiger partial charge in [-0.2, -0.15) is 11.8 Å². The van der Waals surface area contributed by atoms with E-state index in [1.54, 1.807) is 0 Å². The van der Waals surface area contributed by atoms with Gasteiger partial charge in [0.15, 0.2) is 0 Å². The maximum absolute atomic E-state index is 12.4. The van der Waals surface area contributed by atoms with Gasteiger partial charge < -0.3 is 9.47 Å². The molecule has 4 aromatic rings. The normalized spacial score (nSPS) is 14.5. The van der Waals surface area contributed by atoms with E-state index in [4.69, 9.17) is 26.1 Å². The van der Waals surface area contributed by atoms with Gasteiger partial charge in [0.05, 0.1) is 37.4 Å². The Balaban J connectivity index is 1.36. The molecule has 5 nitrogen and oxygen atoms in total. The molecular formula is C35H34ClNO4S. The number of hydrogen-bond acceptors (Lipinski definition) is 6. The predicted octanol–water partition coefficient (Wildman–Crippen LogP) is 8.60. The van der Waals surface area contributed by atoms with E-state index in [9.17, 15) is 9.59 Å². The average Bonchev–Trinajstić information content (AvgIpc) is 3.78. The Bertz CT molecular complexity index is 1610. The smallest absolute Gasteiger partial charge is 0.338 e. The molecule has 0 unspecified atom stereocenters. The molecule has 0 saturated heterocycles. The Kier molecular flexibility index (Phi) is 9.65. The topological polar surface area (TPSA) is 65.5 Å². The van der Waals surface area contributed by atoms with Crippen LogP contribution in [0.2, 0.25) is 5.02 Å². The fourth-order valence-corrected chi connectivity index (χ4v) is 6.86. The van der Waals surface area contributed by atoms with Gasteiger partial charge in [-0.15, -0.1) is 0 Å². The highest BCUT2D eigenvalue weighted by Crippen LogP contribution is 2.53. The number of carbonyl (C=O) groups is 2. The van der Waals surface area contributed by atoms with E-state index < -0.39 is 0 Å². The van der Waals surface area contributed by atoms with Crippen molar-refractivity contribution in [2.75, 3.05) is 20.0 Å². The highest BCUT2D eigenvalue weighted by Gasteiger charge is 2.45. The van der Waals surface area contributed by atoms with E-state index in [0.29, 0.717) is 17.0 Å². The summed E-state index contributed by atoms with van der Waals surface area (Å²) in [6.45, 7) is 0. The molecule has 5 rings (SSSR count). The molecule has 1 saturated carbocycles. The van der Waals surface area contributed by atoms with Gasteiger partial charge in [-0.3, -0.25) is 4.79 Å². The molecule has 0 spiro atoms. The average molecular weight is 600 g/mol. The second-order valence-electron chi connectivity index (χ2n) is 10.8. The number of aryl methyl sites for hydroxylation is 1. The number of benzene rings is 3. The number of ether oxygens (including phenoxy) is 2. The maximum Gasteiger partial charge on any atom is 0.338 e. The van der Waals surface area contributed by atoms with Crippen molar-refractivity contribution in [1.82, 2.24) is 4.98 Å². The molecule has 0 bridgehead atoms. The molecule has 1 fully saturated rings.